The number of para-hydroxylation sites is 1. The fourth-order valence-electron chi connectivity index (χ4n) is 4.80. The molecule has 0 saturated heterocycles. The number of fused-ring (bicyclic) bond motifs is 1. The van der Waals surface area contributed by atoms with Crippen LogP contribution in [0.25, 0.3) is 44.8 Å². The van der Waals surface area contributed by atoms with Crippen molar-refractivity contribution in [2.45, 2.75) is 13.5 Å². The van der Waals surface area contributed by atoms with Crippen LogP contribution in [0, 0.1) is 0 Å². The lowest BCUT2D eigenvalue weighted by molar-refractivity contribution is 0.0698. The Bertz CT molecular complexity index is 1850. The summed E-state index contributed by atoms with van der Waals surface area (Å²) in [6.07, 6.45) is 1.71. The van der Waals surface area contributed by atoms with Crippen molar-refractivity contribution in [3.63, 3.8) is 0 Å². The first-order valence-electron chi connectivity index (χ1n) is 12.9. The molecule has 3 aromatic heterocycles. The zero-order valence-corrected chi connectivity index (χ0v) is 22.3. The van der Waals surface area contributed by atoms with Gasteiger partial charge in [0.1, 0.15) is 5.75 Å². The van der Waals surface area contributed by atoms with Crippen molar-refractivity contribution in [3.8, 4) is 45.5 Å². The third-order valence-corrected chi connectivity index (χ3v) is 6.71. The molecule has 0 amide bonds. The van der Waals surface area contributed by atoms with E-state index in [4.69, 9.17) is 9.47 Å². The number of pyridine rings is 1. The number of aromatic amines is 1. The smallest absolute Gasteiger partial charge is 0.337 e. The lowest BCUT2D eigenvalue weighted by Crippen LogP contribution is -2.08. The average Bonchev–Trinajstić information content (AvgIpc) is 3.66. The lowest BCUT2D eigenvalue weighted by atomic mass is 9.95. The van der Waals surface area contributed by atoms with Crippen molar-refractivity contribution >= 4 is 17.0 Å². The van der Waals surface area contributed by atoms with Gasteiger partial charge in [0.25, 0.3) is 6.01 Å². The summed E-state index contributed by atoms with van der Waals surface area (Å²) in [4.78, 5) is 21.0. The number of hydrogen-bond donors (Lipinski definition) is 2. The van der Waals surface area contributed by atoms with Crippen LogP contribution in [-0.4, -0.2) is 60.0 Å². The van der Waals surface area contributed by atoms with Crippen LogP contribution < -0.4 is 9.47 Å². The number of benzene rings is 3. The van der Waals surface area contributed by atoms with Gasteiger partial charge in [-0.2, -0.15) is 10.2 Å². The molecule has 0 atom stereocenters. The Morgan fingerprint density at radius 3 is 2.56 bits per heavy atom. The van der Waals surface area contributed by atoms with E-state index in [0.717, 1.165) is 33.5 Å². The van der Waals surface area contributed by atoms with Crippen molar-refractivity contribution < 1.29 is 19.4 Å². The van der Waals surface area contributed by atoms with Gasteiger partial charge in [0, 0.05) is 23.4 Å². The van der Waals surface area contributed by atoms with Gasteiger partial charge in [-0.15, -0.1) is 10.2 Å². The molecule has 0 aliphatic heterocycles. The maximum atomic E-state index is 12.0. The molecule has 0 spiro atoms. The summed E-state index contributed by atoms with van der Waals surface area (Å²) in [7, 11) is 1.62. The van der Waals surface area contributed by atoms with Crippen LogP contribution in [0.1, 0.15) is 22.8 Å². The largest absolute Gasteiger partial charge is 0.497 e. The Morgan fingerprint density at radius 1 is 1.00 bits per heavy atom. The molecule has 3 heterocycles. The number of carboxylic acids is 1. The van der Waals surface area contributed by atoms with E-state index in [1.165, 1.54) is 0 Å². The molecule has 11 nitrogen and oxygen atoms in total. The maximum Gasteiger partial charge on any atom is 0.337 e. The highest BCUT2D eigenvalue weighted by atomic mass is 16.5. The minimum absolute atomic E-state index is 0.172. The molecule has 11 heteroatoms. The summed E-state index contributed by atoms with van der Waals surface area (Å²) in [6.45, 7) is 2.65. The molecule has 204 valence electrons. The van der Waals surface area contributed by atoms with E-state index in [-0.39, 0.29) is 5.56 Å². The van der Waals surface area contributed by atoms with E-state index in [1.807, 2.05) is 55.5 Å². The molecular weight excluding hydrogens is 522 g/mol. The maximum absolute atomic E-state index is 12.0. The number of nitrogens with one attached hydrogen (secondary N) is 1. The van der Waals surface area contributed by atoms with E-state index in [0.29, 0.717) is 41.8 Å². The van der Waals surface area contributed by atoms with Gasteiger partial charge in [-0.1, -0.05) is 36.4 Å². The fraction of sp³-hybridized carbons (Fsp3) is 0.133. The van der Waals surface area contributed by atoms with Gasteiger partial charge in [-0.3, -0.25) is 9.55 Å². The predicted octanol–water partition coefficient (Wildman–Crippen LogP) is 5.10. The molecule has 3 aromatic carbocycles. The number of tetrazole rings is 1. The number of ether oxygens (including phenoxy) is 2. The second-order valence-corrected chi connectivity index (χ2v) is 9.17. The highest BCUT2D eigenvalue weighted by Gasteiger charge is 2.19. The quantitative estimate of drug-likeness (QED) is 0.253. The predicted molar refractivity (Wildman–Crippen MR) is 152 cm³/mol. The average molecular weight is 548 g/mol. The molecule has 6 aromatic rings. The monoisotopic (exact) mass is 547 g/mol. The van der Waals surface area contributed by atoms with Crippen molar-refractivity contribution in [3.05, 3.63) is 90.1 Å². The fourth-order valence-corrected chi connectivity index (χ4v) is 4.80. The summed E-state index contributed by atoms with van der Waals surface area (Å²) in [5, 5.41) is 24.4. The molecule has 0 radical (unpaired) electrons. The molecule has 41 heavy (non-hydrogen) atoms. The minimum atomic E-state index is -1.02. The number of methoxy groups -OCH3 is 1. The molecule has 0 saturated carbocycles. The first-order valence-corrected chi connectivity index (χ1v) is 12.9. The van der Waals surface area contributed by atoms with Crippen LogP contribution in [0.5, 0.6) is 11.8 Å². The second-order valence-electron chi connectivity index (χ2n) is 9.17. The highest BCUT2D eigenvalue weighted by Crippen LogP contribution is 2.35. The summed E-state index contributed by atoms with van der Waals surface area (Å²) in [5.41, 5.74) is 6.52. The summed E-state index contributed by atoms with van der Waals surface area (Å²) in [6, 6.07) is 23.1. The Balaban J connectivity index is 1.40. The van der Waals surface area contributed by atoms with Gasteiger partial charge in [0.05, 0.1) is 42.6 Å². The number of aromatic carboxylic acids is 1. The van der Waals surface area contributed by atoms with Crippen molar-refractivity contribution in [2.75, 3.05) is 13.7 Å². The summed E-state index contributed by atoms with van der Waals surface area (Å²) < 4.78 is 13.0. The molecule has 0 bridgehead atoms. The van der Waals surface area contributed by atoms with Crippen LogP contribution in [-0.2, 0) is 6.54 Å². The second kappa shape index (κ2) is 10.9. The zero-order chi connectivity index (χ0) is 28.3. The molecule has 0 unspecified atom stereocenters. The highest BCUT2D eigenvalue weighted by molar-refractivity contribution is 6.01. The normalized spacial score (nSPS) is 11.1. The molecule has 2 N–H and O–H groups in total. The number of hydrogen-bond acceptors (Lipinski definition) is 8. The van der Waals surface area contributed by atoms with Crippen molar-refractivity contribution in [2.24, 2.45) is 0 Å². The molecule has 0 fully saturated rings. The van der Waals surface area contributed by atoms with E-state index in [2.05, 4.69) is 30.6 Å². The lowest BCUT2D eigenvalue weighted by Gasteiger charge is -2.13. The van der Waals surface area contributed by atoms with Crippen LogP contribution in [0.3, 0.4) is 0 Å². The van der Waals surface area contributed by atoms with Gasteiger partial charge in [-0.25, -0.2) is 4.79 Å². The summed E-state index contributed by atoms with van der Waals surface area (Å²) >= 11 is 0. The van der Waals surface area contributed by atoms with E-state index < -0.39 is 5.97 Å². The van der Waals surface area contributed by atoms with Crippen LogP contribution >= 0.6 is 0 Å². The van der Waals surface area contributed by atoms with Crippen LogP contribution in [0.15, 0.2) is 79.0 Å². The Morgan fingerprint density at radius 2 is 1.83 bits per heavy atom. The van der Waals surface area contributed by atoms with E-state index in [1.54, 1.807) is 42.1 Å². The third kappa shape index (κ3) is 4.96. The van der Waals surface area contributed by atoms with Gasteiger partial charge in [0.2, 0.25) is 5.82 Å². The SMILES string of the molecule is CCOc1nc2cccc(C(=O)O)c2n1Cc1ccc(-c2cc(-c3cc(OC)ccn3)ccc2-c2nn[nH]n2)cc1. The van der Waals surface area contributed by atoms with Crippen molar-refractivity contribution in [1.82, 2.24) is 35.2 Å². The standard InChI is InChI=1S/C30H25N7O4/c1-3-41-30-32-25-6-4-5-23(29(38)39)27(25)37(30)17-18-7-9-19(10-8-18)24-15-20(26-16-21(40-2)13-14-31-26)11-12-22(24)28-33-35-36-34-28/h4-16H,3,17H2,1-2H3,(H,38,39)(H,33,34,35,36). The van der Waals surface area contributed by atoms with E-state index >= 15 is 0 Å². The van der Waals surface area contributed by atoms with Crippen LogP contribution in [0.4, 0.5) is 0 Å². The number of imidazole rings is 1. The first kappa shape index (κ1) is 25.7. The van der Waals surface area contributed by atoms with Crippen LogP contribution in [0.2, 0.25) is 0 Å². The number of aromatic nitrogens is 7. The number of carbonyl (C=O) groups is 1. The molecule has 0 aliphatic carbocycles. The zero-order valence-electron chi connectivity index (χ0n) is 22.3. The molecule has 0 aliphatic rings. The third-order valence-electron chi connectivity index (χ3n) is 6.71. The summed E-state index contributed by atoms with van der Waals surface area (Å²) in [5.74, 6) is 0.170. The first-order chi connectivity index (χ1) is 20.1. The Labute approximate surface area is 234 Å². The Kier molecular flexibility index (Phi) is 6.82. The van der Waals surface area contributed by atoms with Gasteiger partial charge < -0.3 is 14.6 Å². The molecular formula is C30H25N7O4. The number of rotatable bonds is 9. The number of nitrogens with zero attached hydrogens (tertiary/aromatic N) is 6. The number of carboxylic acid groups (broad SMARTS) is 1. The van der Waals surface area contributed by atoms with Gasteiger partial charge in [0.15, 0.2) is 0 Å². The van der Waals surface area contributed by atoms with E-state index in [9.17, 15) is 9.90 Å². The van der Waals surface area contributed by atoms with Crippen molar-refractivity contribution in [1.29, 1.82) is 0 Å². The minimum Gasteiger partial charge on any atom is -0.497 e. The molecule has 6 rings (SSSR count). The Hall–Kier alpha value is -5.58. The number of H-pyrrole nitrogens is 1. The van der Waals surface area contributed by atoms with Gasteiger partial charge in [-0.05, 0) is 59.2 Å². The topological polar surface area (TPSA) is 141 Å². The van der Waals surface area contributed by atoms with Gasteiger partial charge >= 0.3 is 5.97 Å².